The van der Waals surface area contributed by atoms with Gasteiger partial charge in [0.15, 0.2) is 11.5 Å². The number of benzene rings is 2. The van der Waals surface area contributed by atoms with Crippen LogP contribution in [0.2, 0.25) is 5.02 Å². The normalized spacial score (nSPS) is 10.7. The highest BCUT2D eigenvalue weighted by molar-refractivity contribution is 7.18. The minimum atomic E-state index is -0.279. The van der Waals surface area contributed by atoms with Crippen molar-refractivity contribution in [3.63, 3.8) is 0 Å². The van der Waals surface area contributed by atoms with Crippen LogP contribution < -0.4 is 14.8 Å². The standard InChI is InChI=1S/C17H15ClN2O3S/c1-9-19-13-5-4-11(8-15(13)24-9)20-17(21)10-6-12(18)16(23-3)14(7-10)22-2/h4-8H,1-3H3,(H,20,21). The van der Waals surface area contributed by atoms with E-state index in [9.17, 15) is 4.79 Å². The zero-order valence-electron chi connectivity index (χ0n) is 13.3. The molecule has 0 radical (unpaired) electrons. The van der Waals surface area contributed by atoms with Crippen molar-refractivity contribution in [2.45, 2.75) is 6.92 Å². The lowest BCUT2D eigenvalue weighted by molar-refractivity contribution is 0.102. The number of methoxy groups -OCH3 is 2. The summed E-state index contributed by atoms with van der Waals surface area (Å²) < 4.78 is 11.4. The highest BCUT2D eigenvalue weighted by Gasteiger charge is 2.15. The molecule has 0 saturated carbocycles. The van der Waals surface area contributed by atoms with Crippen LogP contribution in [0.5, 0.6) is 11.5 Å². The number of anilines is 1. The first kappa shape index (κ1) is 16.5. The number of halogens is 1. The largest absolute Gasteiger partial charge is 0.493 e. The lowest BCUT2D eigenvalue weighted by atomic mass is 10.1. The van der Waals surface area contributed by atoms with E-state index in [1.165, 1.54) is 14.2 Å². The van der Waals surface area contributed by atoms with Gasteiger partial charge >= 0.3 is 0 Å². The smallest absolute Gasteiger partial charge is 0.255 e. The molecule has 1 heterocycles. The van der Waals surface area contributed by atoms with E-state index < -0.39 is 0 Å². The van der Waals surface area contributed by atoms with E-state index in [2.05, 4.69) is 10.3 Å². The molecule has 0 spiro atoms. The molecule has 0 atom stereocenters. The van der Waals surface area contributed by atoms with E-state index in [0.717, 1.165) is 15.2 Å². The molecule has 0 aliphatic rings. The number of carbonyl (C=O) groups excluding carboxylic acids is 1. The number of ether oxygens (including phenoxy) is 2. The van der Waals surface area contributed by atoms with E-state index in [4.69, 9.17) is 21.1 Å². The summed E-state index contributed by atoms with van der Waals surface area (Å²) in [4.78, 5) is 16.9. The fraction of sp³-hybridized carbons (Fsp3) is 0.176. The van der Waals surface area contributed by atoms with Crippen LogP contribution >= 0.6 is 22.9 Å². The number of hydrogen-bond acceptors (Lipinski definition) is 5. The van der Waals surface area contributed by atoms with Crippen LogP contribution in [0.25, 0.3) is 10.2 Å². The summed E-state index contributed by atoms with van der Waals surface area (Å²) in [5.41, 5.74) is 2.00. The van der Waals surface area contributed by atoms with Gasteiger partial charge in [0, 0.05) is 11.3 Å². The summed E-state index contributed by atoms with van der Waals surface area (Å²) in [6.07, 6.45) is 0. The Labute approximate surface area is 148 Å². The van der Waals surface area contributed by atoms with Crippen molar-refractivity contribution >= 4 is 44.7 Å². The van der Waals surface area contributed by atoms with Crippen LogP contribution in [0.1, 0.15) is 15.4 Å². The summed E-state index contributed by atoms with van der Waals surface area (Å²) in [7, 11) is 2.99. The molecule has 0 aliphatic heterocycles. The molecule has 7 heteroatoms. The summed E-state index contributed by atoms with van der Waals surface area (Å²) >= 11 is 7.73. The number of nitrogens with zero attached hydrogens (tertiary/aromatic N) is 1. The van der Waals surface area contributed by atoms with Gasteiger partial charge in [0.1, 0.15) is 0 Å². The molecular weight excluding hydrogens is 348 g/mol. The van der Waals surface area contributed by atoms with Gasteiger partial charge in [-0.2, -0.15) is 0 Å². The van der Waals surface area contributed by atoms with E-state index in [1.807, 2.05) is 25.1 Å². The van der Waals surface area contributed by atoms with Crippen molar-refractivity contribution in [1.29, 1.82) is 0 Å². The van der Waals surface area contributed by atoms with Gasteiger partial charge < -0.3 is 14.8 Å². The third kappa shape index (κ3) is 3.16. The van der Waals surface area contributed by atoms with Gasteiger partial charge in [-0.3, -0.25) is 4.79 Å². The first-order valence-corrected chi connectivity index (χ1v) is 8.31. The molecule has 3 rings (SSSR count). The molecule has 0 fully saturated rings. The zero-order valence-corrected chi connectivity index (χ0v) is 14.9. The molecule has 0 saturated heterocycles. The Morgan fingerprint density at radius 3 is 2.71 bits per heavy atom. The summed E-state index contributed by atoms with van der Waals surface area (Å²) in [6, 6.07) is 8.75. The molecule has 124 valence electrons. The van der Waals surface area contributed by atoms with Crippen LogP contribution in [-0.4, -0.2) is 25.1 Å². The molecule has 0 bridgehead atoms. The lowest BCUT2D eigenvalue weighted by Gasteiger charge is -2.12. The molecule has 0 unspecified atom stereocenters. The second kappa shape index (κ2) is 6.67. The average molecular weight is 363 g/mol. The number of fused-ring (bicyclic) bond motifs is 1. The minimum Gasteiger partial charge on any atom is -0.493 e. The van der Waals surface area contributed by atoms with Crippen molar-refractivity contribution in [3.05, 3.63) is 45.9 Å². The van der Waals surface area contributed by atoms with Crippen molar-refractivity contribution in [3.8, 4) is 11.5 Å². The first-order chi connectivity index (χ1) is 11.5. The fourth-order valence-electron chi connectivity index (χ4n) is 2.37. The van der Waals surface area contributed by atoms with E-state index >= 15 is 0 Å². The fourth-order valence-corrected chi connectivity index (χ4v) is 3.52. The number of aromatic nitrogens is 1. The average Bonchev–Trinajstić information content (AvgIpc) is 2.93. The Bertz CT molecular complexity index is 924. The third-order valence-corrected chi connectivity index (χ3v) is 4.66. The maximum Gasteiger partial charge on any atom is 0.255 e. The number of hydrogen-bond donors (Lipinski definition) is 1. The van der Waals surface area contributed by atoms with Crippen LogP contribution in [0.4, 0.5) is 5.69 Å². The predicted molar refractivity (Wildman–Crippen MR) is 96.9 cm³/mol. The Morgan fingerprint density at radius 2 is 2.00 bits per heavy atom. The van der Waals surface area contributed by atoms with Gasteiger partial charge in [0.05, 0.1) is 34.5 Å². The molecular formula is C17H15ClN2O3S. The molecule has 2 aromatic carbocycles. The maximum atomic E-state index is 12.5. The number of rotatable bonds is 4. The van der Waals surface area contributed by atoms with Crippen LogP contribution in [0, 0.1) is 6.92 Å². The monoisotopic (exact) mass is 362 g/mol. The molecule has 24 heavy (non-hydrogen) atoms. The number of carbonyl (C=O) groups is 1. The summed E-state index contributed by atoms with van der Waals surface area (Å²) in [5.74, 6) is 0.527. The summed E-state index contributed by atoms with van der Waals surface area (Å²) in [6.45, 7) is 1.95. The van der Waals surface area contributed by atoms with Gasteiger partial charge in [-0.05, 0) is 37.3 Å². The molecule has 1 N–H and O–H groups in total. The highest BCUT2D eigenvalue weighted by Crippen LogP contribution is 2.36. The molecule has 0 aliphatic carbocycles. The van der Waals surface area contributed by atoms with Crippen molar-refractivity contribution in [2.75, 3.05) is 19.5 Å². The second-order valence-electron chi connectivity index (χ2n) is 5.06. The van der Waals surface area contributed by atoms with Gasteiger partial charge in [0.2, 0.25) is 0 Å². The van der Waals surface area contributed by atoms with Crippen molar-refractivity contribution < 1.29 is 14.3 Å². The Kier molecular flexibility index (Phi) is 4.59. The number of aryl methyl sites for hydroxylation is 1. The number of amides is 1. The Balaban J connectivity index is 1.89. The molecule has 1 aromatic heterocycles. The van der Waals surface area contributed by atoms with Crippen molar-refractivity contribution in [1.82, 2.24) is 4.98 Å². The molecule has 3 aromatic rings. The topological polar surface area (TPSA) is 60.5 Å². The van der Waals surface area contributed by atoms with Gasteiger partial charge in [-0.1, -0.05) is 11.6 Å². The Morgan fingerprint density at radius 1 is 1.21 bits per heavy atom. The van der Waals surface area contributed by atoms with Crippen LogP contribution in [0.3, 0.4) is 0 Å². The Hall–Kier alpha value is -2.31. The second-order valence-corrected chi connectivity index (χ2v) is 6.71. The number of thiazole rings is 1. The maximum absolute atomic E-state index is 12.5. The molecule has 1 amide bonds. The molecule has 5 nitrogen and oxygen atoms in total. The SMILES string of the molecule is COc1cc(C(=O)Nc2ccc3nc(C)sc3c2)cc(Cl)c1OC. The van der Waals surface area contributed by atoms with Crippen LogP contribution in [-0.2, 0) is 0 Å². The van der Waals surface area contributed by atoms with Gasteiger partial charge in [-0.25, -0.2) is 4.98 Å². The highest BCUT2D eigenvalue weighted by atomic mass is 35.5. The minimum absolute atomic E-state index is 0.279. The third-order valence-electron chi connectivity index (χ3n) is 3.45. The summed E-state index contributed by atoms with van der Waals surface area (Å²) in [5, 5.41) is 4.16. The predicted octanol–water partition coefficient (Wildman–Crippen LogP) is 4.53. The van der Waals surface area contributed by atoms with E-state index in [0.29, 0.717) is 27.8 Å². The number of nitrogens with one attached hydrogen (secondary N) is 1. The van der Waals surface area contributed by atoms with E-state index in [1.54, 1.807) is 23.5 Å². The zero-order chi connectivity index (χ0) is 17.3. The van der Waals surface area contributed by atoms with Gasteiger partial charge in [0.25, 0.3) is 5.91 Å². The first-order valence-electron chi connectivity index (χ1n) is 7.12. The van der Waals surface area contributed by atoms with Crippen LogP contribution in [0.15, 0.2) is 30.3 Å². The van der Waals surface area contributed by atoms with Crippen molar-refractivity contribution in [2.24, 2.45) is 0 Å². The van der Waals surface area contributed by atoms with E-state index in [-0.39, 0.29) is 5.91 Å². The quantitative estimate of drug-likeness (QED) is 0.740. The van der Waals surface area contributed by atoms with Gasteiger partial charge in [-0.15, -0.1) is 11.3 Å². The lowest BCUT2D eigenvalue weighted by Crippen LogP contribution is -2.12.